The number of urea groups is 2. The molecule has 7 heteroatoms. The second-order valence-corrected chi connectivity index (χ2v) is 6.76. The molecule has 4 amide bonds. The zero-order valence-electron chi connectivity index (χ0n) is 15.3. The van der Waals surface area contributed by atoms with Crippen LogP contribution in [-0.4, -0.2) is 65.2 Å². The summed E-state index contributed by atoms with van der Waals surface area (Å²) < 4.78 is 0. The number of primary amides is 1. The summed E-state index contributed by atoms with van der Waals surface area (Å²) in [7, 11) is 0. The van der Waals surface area contributed by atoms with E-state index in [0.717, 1.165) is 32.6 Å². The van der Waals surface area contributed by atoms with Gasteiger partial charge in [0.15, 0.2) is 0 Å². The van der Waals surface area contributed by atoms with E-state index in [4.69, 9.17) is 5.73 Å². The number of carbonyl (C=O) groups is 2. The highest BCUT2D eigenvalue weighted by Crippen LogP contribution is 2.14. The number of hydrogen-bond donors (Lipinski definition) is 2. The number of nitrogens with zero attached hydrogens (tertiary/aromatic N) is 3. The molecule has 0 aromatic heterocycles. The van der Waals surface area contributed by atoms with Crippen molar-refractivity contribution >= 4 is 12.1 Å². The third-order valence-electron chi connectivity index (χ3n) is 4.52. The maximum Gasteiger partial charge on any atom is 0.340 e. The van der Waals surface area contributed by atoms with Crippen molar-refractivity contribution in [2.75, 3.05) is 26.2 Å². The molecule has 0 saturated carbocycles. The van der Waals surface area contributed by atoms with Crippen molar-refractivity contribution in [3.8, 4) is 0 Å². The van der Waals surface area contributed by atoms with Crippen LogP contribution in [0.3, 0.4) is 0 Å². The lowest BCUT2D eigenvalue weighted by atomic mass is 10.1. The highest BCUT2D eigenvalue weighted by Gasteiger charge is 2.29. The maximum atomic E-state index is 12.2. The summed E-state index contributed by atoms with van der Waals surface area (Å²) >= 11 is 0. The van der Waals surface area contributed by atoms with Crippen molar-refractivity contribution in [1.82, 2.24) is 20.2 Å². The lowest BCUT2D eigenvalue weighted by molar-refractivity contribution is -0.0473. The van der Waals surface area contributed by atoms with E-state index >= 15 is 0 Å². The van der Waals surface area contributed by atoms with Crippen LogP contribution in [0.2, 0.25) is 0 Å². The number of nitrogens with one attached hydrogen (secondary N) is 1. The zero-order chi connectivity index (χ0) is 18.4. The number of hydrazine groups is 1. The summed E-state index contributed by atoms with van der Waals surface area (Å²) in [6.07, 6.45) is 1.01. The van der Waals surface area contributed by atoms with Crippen LogP contribution in [0.25, 0.3) is 0 Å². The number of piperazine rings is 1. The second-order valence-electron chi connectivity index (χ2n) is 6.76. The summed E-state index contributed by atoms with van der Waals surface area (Å²) in [6, 6.07) is 9.58. The van der Waals surface area contributed by atoms with E-state index in [0.29, 0.717) is 6.04 Å². The Morgan fingerprint density at radius 3 is 2.24 bits per heavy atom. The molecule has 0 spiro atoms. The Morgan fingerprint density at radius 1 is 1.12 bits per heavy atom. The molecule has 0 radical (unpaired) electrons. The number of nitrogens with two attached hydrogens (primary N) is 1. The monoisotopic (exact) mass is 347 g/mol. The van der Waals surface area contributed by atoms with E-state index in [-0.39, 0.29) is 6.04 Å². The molecule has 2 rings (SSSR count). The average Bonchev–Trinajstić information content (AvgIpc) is 2.55. The molecule has 0 bridgehead atoms. The van der Waals surface area contributed by atoms with E-state index in [2.05, 4.69) is 41.4 Å². The minimum atomic E-state index is -0.828. The third-order valence-corrected chi connectivity index (χ3v) is 4.52. The van der Waals surface area contributed by atoms with Gasteiger partial charge in [-0.2, -0.15) is 0 Å². The average molecular weight is 347 g/mol. The Hall–Kier alpha value is -2.12. The van der Waals surface area contributed by atoms with Gasteiger partial charge in [0.1, 0.15) is 0 Å². The first-order chi connectivity index (χ1) is 11.9. The fraction of sp³-hybridized carbons (Fsp3) is 0.556. The number of carbonyl (C=O) groups excluding carboxylic acids is 2. The molecule has 1 atom stereocenters. The molecular weight excluding hydrogens is 318 g/mol. The van der Waals surface area contributed by atoms with Crippen molar-refractivity contribution in [3.05, 3.63) is 35.9 Å². The molecule has 1 aromatic carbocycles. The smallest absolute Gasteiger partial charge is 0.340 e. The highest BCUT2D eigenvalue weighted by molar-refractivity contribution is 5.92. The van der Waals surface area contributed by atoms with Gasteiger partial charge in [-0.25, -0.2) is 14.6 Å². The number of rotatable bonds is 5. The highest BCUT2D eigenvalue weighted by atomic mass is 16.2. The first kappa shape index (κ1) is 19.2. The summed E-state index contributed by atoms with van der Waals surface area (Å²) in [6.45, 7) is 9.31. The van der Waals surface area contributed by atoms with Crippen LogP contribution in [-0.2, 0) is 6.42 Å². The number of amides is 4. The normalized spacial score (nSPS) is 17.3. The topological polar surface area (TPSA) is 81.9 Å². The first-order valence-electron chi connectivity index (χ1n) is 8.81. The van der Waals surface area contributed by atoms with Gasteiger partial charge in [0.05, 0.1) is 0 Å². The molecule has 1 aromatic rings. The van der Waals surface area contributed by atoms with E-state index in [9.17, 15) is 9.59 Å². The molecule has 1 aliphatic rings. The second kappa shape index (κ2) is 8.82. The van der Waals surface area contributed by atoms with Crippen LogP contribution in [0.5, 0.6) is 0 Å². The molecule has 1 fully saturated rings. The van der Waals surface area contributed by atoms with Crippen molar-refractivity contribution in [2.24, 2.45) is 5.73 Å². The van der Waals surface area contributed by atoms with E-state index in [1.165, 1.54) is 5.56 Å². The minimum Gasteiger partial charge on any atom is -0.351 e. The number of benzene rings is 1. The van der Waals surface area contributed by atoms with E-state index < -0.39 is 12.1 Å². The Labute approximate surface area is 149 Å². The van der Waals surface area contributed by atoms with Crippen molar-refractivity contribution < 1.29 is 9.59 Å². The fourth-order valence-electron chi connectivity index (χ4n) is 3.30. The zero-order valence-corrected chi connectivity index (χ0v) is 15.3. The standard InChI is InChI=1S/C18H29N5O2/c1-14(2)23(18(25)20-17(19)24)22-11-9-21(10-12-22)15(3)13-16-7-5-4-6-8-16/h4-8,14-15H,9-13H2,1-3H3,(H3,19,20,24,25). The lowest BCUT2D eigenvalue weighted by Crippen LogP contribution is -2.61. The van der Waals surface area contributed by atoms with Gasteiger partial charge in [-0.15, -0.1) is 0 Å². The summed E-state index contributed by atoms with van der Waals surface area (Å²) in [5.41, 5.74) is 6.41. The minimum absolute atomic E-state index is 0.0485. The summed E-state index contributed by atoms with van der Waals surface area (Å²) in [5, 5.41) is 5.74. The van der Waals surface area contributed by atoms with Crippen molar-refractivity contribution in [2.45, 2.75) is 39.3 Å². The molecule has 1 saturated heterocycles. The first-order valence-corrected chi connectivity index (χ1v) is 8.81. The molecule has 3 N–H and O–H groups in total. The Kier molecular flexibility index (Phi) is 6.78. The van der Waals surface area contributed by atoms with Gasteiger partial charge in [-0.05, 0) is 32.8 Å². The van der Waals surface area contributed by atoms with Crippen molar-refractivity contribution in [1.29, 1.82) is 0 Å². The predicted molar refractivity (Wildman–Crippen MR) is 97.8 cm³/mol. The van der Waals surface area contributed by atoms with E-state index in [1.807, 2.05) is 24.9 Å². The van der Waals surface area contributed by atoms with Gasteiger partial charge in [0, 0.05) is 38.3 Å². The van der Waals surface area contributed by atoms with Gasteiger partial charge in [-0.3, -0.25) is 15.2 Å². The quantitative estimate of drug-likeness (QED) is 0.848. The van der Waals surface area contributed by atoms with Crippen LogP contribution < -0.4 is 11.1 Å². The van der Waals surface area contributed by atoms with Crippen LogP contribution >= 0.6 is 0 Å². The van der Waals surface area contributed by atoms with Gasteiger partial charge in [0.2, 0.25) is 0 Å². The van der Waals surface area contributed by atoms with Crippen LogP contribution in [0, 0.1) is 0 Å². The lowest BCUT2D eigenvalue weighted by Gasteiger charge is -2.44. The molecule has 7 nitrogen and oxygen atoms in total. The third kappa shape index (κ3) is 5.44. The SMILES string of the molecule is CC(Cc1ccccc1)N1CCN(N(C(=O)NC(N)=O)C(C)C)CC1. The van der Waals surface area contributed by atoms with Gasteiger partial charge < -0.3 is 5.73 Å². The van der Waals surface area contributed by atoms with Crippen molar-refractivity contribution in [3.63, 3.8) is 0 Å². The van der Waals surface area contributed by atoms with E-state index in [1.54, 1.807) is 5.01 Å². The van der Waals surface area contributed by atoms with Crippen LogP contribution in [0.1, 0.15) is 26.3 Å². The van der Waals surface area contributed by atoms with Gasteiger partial charge in [0.25, 0.3) is 0 Å². The Bertz CT molecular complexity index is 570. The summed E-state index contributed by atoms with van der Waals surface area (Å²) in [5.74, 6) is 0. The molecule has 0 aliphatic carbocycles. The fourth-order valence-corrected chi connectivity index (χ4v) is 3.30. The van der Waals surface area contributed by atoms with Gasteiger partial charge in [-0.1, -0.05) is 30.3 Å². The molecule has 1 unspecified atom stereocenters. The van der Waals surface area contributed by atoms with Gasteiger partial charge >= 0.3 is 12.1 Å². The molecular formula is C18H29N5O2. The number of hydrogen-bond acceptors (Lipinski definition) is 4. The maximum absolute atomic E-state index is 12.2. The molecule has 25 heavy (non-hydrogen) atoms. The summed E-state index contributed by atoms with van der Waals surface area (Å²) in [4.78, 5) is 25.6. The largest absolute Gasteiger partial charge is 0.351 e. The molecule has 1 heterocycles. The predicted octanol–water partition coefficient (Wildman–Crippen LogP) is 1.65. The Morgan fingerprint density at radius 2 is 1.72 bits per heavy atom. The molecule has 1 aliphatic heterocycles. The Balaban J connectivity index is 1.90. The van der Waals surface area contributed by atoms with Crippen LogP contribution in [0.4, 0.5) is 9.59 Å². The molecule has 138 valence electrons. The van der Waals surface area contributed by atoms with Crippen LogP contribution in [0.15, 0.2) is 30.3 Å². The number of imide groups is 1.